The monoisotopic (exact) mass is 201 g/mol. The summed E-state index contributed by atoms with van der Waals surface area (Å²) in [7, 11) is 0. The zero-order chi connectivity index (χ0) is 8.39. The van der Waals surface area contributed by atoms with Crippen LogP contribution < -0.4 is 5.32 Å². The lowest BCUT2D eigenvalue weighted by Crippen LogP contribution is -2.33. The van der Waals surface area contributed by atoms with Crippen molar-refractivity contribution in [1.82, 2.24) is 5.32 Å². The molecule has 1 aromatic heterocycles. The van der Waals surface area contributed by atoms with Gasteiger partial charge in [-0.1, -0.05) is 6.92 Å². The molecule has 0 saturated carbocycles. The SMILES string of the molecule is C[C@H]1CNCC[C@@H]1c1ccoc1.Cl. The van der Waals surface area contributed by atoms with Gasteiger partial charge >= 0.3 is 0 Å². The summed E-state index contributed by atoms with van der Waals surface area (Å²) in [6.07, 6.45) is 4.89. The van der Waals surface area contributed by atoms with Crippen LogP contribution in [0.5, 0.6) is 0 Å². The zero-order valence-corrected chi connectivity index (χ0v) is 8.64. The van der Waals surface area contributed by atoms with Gasteiger partial charge in [0.15, 0.2) is 0 Å². The lowest BCUT2D eigenvalue weighted by atomic mass is 9.84. The molecule has 0 unspecified atom stereocenters. The fourth-order valence-electron chi connectivity index (χ4n) is 2.00. The molecule has 2 heterocycles. The molecule has 1 fully saturated rings. The minimum Gasteiger partial charge on any atom is -0.472 e. The molecule has 3 heteroatoms. The van der Waals surface area contributed by atoms with E-state index in [0.717, 1.165) is 19.0 Å². The molecule has 2 atom stereocenters. The van der Waals surface area contributed by atoms with Crippen LogP contribution in [0.25, 0.3) is 0 Å². The largest absolute Gasteiger partial charge is 0.472 e. The number of nitrogens with one attached hydrogen (secondary N) is 1. The predicted molar refractivity (Wildman–Crippen MR) is 55.3 cm³/mol. The van der Waals surface area contributed by atoms with Crippen LogP contribution >= 0.6 is 12.4 Å². The number of hydrogen-bond acceptors (Lipinski definition) is 2. The fourth-order valence-corrected chi connectivity index (χ4v) is 2.00. The molecule has 0 spiro atoms. The normalized spacial score (nSPS) is 28.1. The van der Waals surface area contributed by atoms with E-state index in [1.165, 1.54) is 12.0 Å². The molecule has 74 valence electrons. The molecule has 13 heavy (non-hydrogen) atoms. The maximum Gasteiger partial charge on any atom is 0.0937 e. The van der Waals surface area contributed by atoms with Crippen LogP contribution in [0.2, 0.25) is 0 Å². The van der Waals surface area contributed by atoms with Crippen molar-refractivity contribution in [2.24, 2.45) is 5.92 Å². The van der Waals surface area contributed by atoms with Gasteiger partial charge in [-0.3, -0.25) is 0 Å². The zero-order valence-electron chi connectivity index (χ0n) is 7.82. The minimum absolute atomic E-state index is 0. The van der Waals surface area contributed by atoms with E-state index in [4.69, 9.17) is 4.42 Å². The average molecular weight is 202 g/mol. The van der Waals surface area contributed by atoms with Crippen LogP contribution in [0.3, 0.4) is 0 Å². The molecular weight excluding hydrogens is 186 g/mol. The van der Waals surface area contributed by atoms with E-state index >= 15 is 0 Å². The van der Waals surface area contributed by atoms with Gasteiger partial charge in [0.05, 0.1) is 12.5 Å². The Kier molecular flexibility index (Phi) is 3.82. The topological polar surface area (TPSA) is 25.2 Å². The maximum atomic E-state index is 5.10. The van der Waals surface area contributed by atoms with Crippen LogP contribution in [0.1, 0.15) is 24.8 Å². The second kappa shape index (κ2) is 4.68. The van der Waals surface area contributed by atoms with Gasteiger partial charge in [-0.2, -0.15) is 0 Å². The van der Waals surface area contributed by atoms with Crippen molar-refractivity contribution >= 4 is 12.4 Å². The Bertz CT molecular complexity index is 235. The first-order chi connectivity index (χ1) is 5.88. The molecule has 1 aromatic rings. The predicted octanol–water partition coefficient (Wildman–Crippen LogP) is 2.41. The second-order valence-corrected chi connectivity index (χ2v) is 3.63. The first kappa shape index (κ1) is 10.6. The van der Waals surface area contributed by atoms with Crippen LogP contribution in [0.4, 0.5) is 0 Å². The van der Waals surface area contributed by atoms with E-state index < -0.39 is 0 Å². The number of piperidine rings is 1. The van der Waals surface area contributed by atoms with Gasteiger partial charge in [-0.25, -0.2) is 0 Å². The van der Waals surface area contributed by atoms with Crippen molar-refractivity contribution in [2.75, 3.05) is 13.1 Å². The molecule has 1 N–H and O–H groups in total. The molecule has 1 aliphatic rings. The van der Waals surface area contributed by atoms with E-state index in [0.29, 0.717) is 5.92 Å². The summed E-state index contributed by atoms with van der Waals surface area (Å²) in [6.45, 7) is 4.57. The van der Waals surface area contributed by atoms with Gasteiger partial charge in [0.2, 0.25) is 0 Å². The van der Waals surface area contributed by atoms with Gasteiger partial charge in [0.1, 0.15) is 0 Å². The Balaban J connectivity index is 0.000000845. The van der Waals surface area contributed by atoms with Crippen LogP contribution in [-0.4, -0.2) is 13.1 Å². The standard InChI is InChI=1S/C10H15NO.ClH/c1-8-6-11-4-2-10(8)9-3-5-12-7-9;/h3,5,7-8,10-11H,2,4,6H2,1H3;1H/t8-,10-;/m0./s1. The van der Waals surface area contributed by atoms with Crippen molar-refractivity contribution in [3.63, 3.8) is 0 Å². The van der Waals surface area contributed by atoms with E-state index in [9.17, 15) is 0 Å². The summed E-state index contributed by atoms with van der Waals surface area (Å²) in [5.74, 6) is 1.43. The third-order valence-electron chi connectivity index (χ3n) is 2.76. The smallest absolute Gasteiger partial charge is 0.0937 e. The molecule has 1 aliphatic heterocycles. The first-order valence-electron chi connectivity index (χ1n) is 4.61. The lowest BCUT2D eigenvalue weighted by Gasteiger charge is -2.28. The Morgan fingerprint density at radius 2 is 2.38 bits per heavy atom. The van der Waals surface area contributed by atoms with Crippen molar-refractivity contribution in [3.8, 4) is 0 Å². The Morgan fingerprint density at radius 1 is 1.54 bits per heavy atom. The number of rotatable bonds is 1. The van der Waals surface area contributed by atoms with Crippen molar-refractivity contribution in [2.45, 2.75) is 19.3 Å². The Morgan fingerprint density at radius 3 is 3.00 bits per heavy atom. The highest BCUT2D eigenvalue weighted by molar-refractivity contribution is 5.85. The van der Waals surface area contributed by atoms with E-state index in [1.807, 2.05) is 6.26 Å². The maximum absolute atomic E-state index is 5.10. The molecular formula is C10H16ClNO. The first-order valence-corrected chi connectivity index (χ1v) is 4.61. The van der Waals surface area contributed by atoms with Gasteiger partial charge < -0.3 is 9.73 Å². The summed E-state index contributed by atoms with van der Waals surface area (Å²) in [4.78, 5) is 0. The number of hydrogen-bond donors (Lipinski definition) is 1. The lowest BCUT2D eigenvalue weighted by molar-refractivity contribution is 0.347. The van der Waals surface area contributed by atoms with Gasteiger partial charge in [-0.15, -0.1) is 12.4 Å². The Hall–Kier alpha value is -0.470. The van der Waals surface area contributed by atoms with Crippen LogP contribution in [0.15, 0.2) is 23.0 Å². The van der Waals surface area contributed by atoms with Gasteiger partial charge in [-0.05, 0) is 43.0 Å². The third kappa shape index (κ3) is 2.26. The van der Waals surface area contributed by atoms with Crippen molar-refractivity contribution in [1.29, 1.82) is 0 Å². The molecule has 2 nitrogen and oxygen atoms in total. The molecule has 2 rings (SSSR count). The summed E-state index contributed by atoms with van der Waals surface area (Å²) in [5.41, 5.74) is 1.36. The average Bonchev–Trinajstić information content (AvgIpc) is 2.57. The van der Waals surface area contributed by atoms with Crippen molar-refractivity contribution < 1.29 is 4.42 Å². The van der Waals surface area contributed by atoms with Crippen LogP contribution in [-0.2, 0) is 0 Å². The fraction of sp³-hybridized carbons (Fsp3) is 0.600. The van der Waals surface area contributed by atoms with E-state index in [1.54, 1.807) is 6.26 Å². The van der Waals surface area contributed by atoms with E-state index in [-0.39, 0.29) is 12.4 Å². The molecule has 0 bridgehead atoms. The van der Waals surface area contributed by atoms with Crippen molar-refractivity contribution in [3.05, 3.63) is 24.2 Å². The quantitative estimate of drug-likeness (QED) is 0.755. The highest BCUT2D eigenvalue weighted by atomic mass is 35.5. The Labute approximate surface area is 85.1 Å². The summed E-state index contributed by atoms with van der Waals surface area (Å²) >= 11 is 0. The number of halogens is 1. The minimum atomic E-state index is 0. The van der Waals surface area contributed by atoms with Crippen LogP contribution in [0, 0.1) is 5.92 Å². The second-order valence-electron chi connectivity index (χ2n) is 3.63. The highest BCUT2D eigenvalue weighted by Gasteiger charge is 2.22. The third-order valence-corrected chi connectivity index (χ3v) is 2.76. The van der Waals surface area contributed by atoms with E-state index in [2.05, 4.69) is 18.3 Å². The molecule has 0 amide bonds. The summed E-state index contributed by atoms with van der Waals surface area (Å²) in [6, 6.07) is 2.09. The molecule has 0 radical (unpaired) electrons. The summed E-state index contributed by atoms with van der Waals surface area (Å²) in [5, 5.41) is 3.40. The molecule has 1 saturated heterocycles. The highest BCUT2D eigenvalue weighted by Crippen LogP contribution is 2.29. The molecule has 0 aliphatic carbocycles. The molecule has 0 aromatic carbocycles. The number of furan rings is 1. The van der Waals surface area contributed by atoms with Gasteiger partial charge in [0, 0.05) is 0 Å². The summed E-state index contributed by atoms with van der Waals surface area (Å²) < 4.78 is 5.10. The van der Waals surface area contributed by atoms with Gasteiger partial charge in [0.25, 0.3) is 0 Å².